The molecule has 0 unspecified atom stereocenters. The predicted octanol–water partition coefficient (Wildman–Crippen LogP) is 1.98. The molecule has 0 saturated carbocycles. The Hall–Kier alpha value is -1.45. The molecular formula is C10H11F2NO. The Morgan fingerprint density at radius 3 is 2.00 bits per heavy atom. The molecule has 0 saturated heterocycles. The van der Waals surface area contributed by atoms with Crippen molar-refractivity contribution in [3.63, 3.8) is 0 Å². The molecule has 1 aromatic rings. The van der Waals surface area contributed by atoms with Gasteiger partial charge in [-0.1, -0.05) is 0 Å². The van der Waals surface area contributed by atoms with Crippen molar-refractivity contribution >= 4 is 5.91 Å². The van der Waals surface area contributed by atoms with Crippen molar-refractivity contribution in [1.82, 2.24) is 4.90 Å². The van der Waals surface area contributed by atoms with E-state index in [1.807, 2.05) is 0 Å². The Balaban J connectivity index is 3.19. The number of amides is 1. The molecule has 1 rings (SSSR count). The van der Waals surface area contributed by atoms with Crippen LogP contribution in [0.3, 0.4) is 0 Å². The lowest BCUT2D eigenvalue weighted by Gasteiger charge is -2.10. The molecule has 14 heavy (non-hydrogen) atoms. The maximum Gasteiger partial charge on any atom is 0.253 e. The number of rotatable bonds is 1. The van der Waals surface area contributed by atoms with Crippen molar-refractivity contribution in [2.24, 2.45) is 0 Å². The summed E-state index contributed by atoms with van der Waals surface area (Å²) in [5.41, 5.74) is -0.0455. The summed E-state index contributed by atoms with van der Waals surface area (Å²) >= 11 is 0. The van der Waals surface area contributed by atoms with Crippen LogP contribution in [-0.2, 0) is 0 Å². The summed E-state index contributed by atoms with van der Waals surface area (Å²) in [6.07, 6.45) is 0. The minimum absolute atomic E-state index is 0.0237. The first-order chi connectivity index (χ1) is 6.43. The van der Waals surface area contributed by atoms with E-state index in [1.54, 1.807) is 0 Å². The zero-order valence-electron chi connectivity index (χ0n) is 8.27. The highest BCUT2D eigenvalue weighted by molar-refractivity contribution is 5.93. The summed E-state index contributed by atoms with van der Waals surface area (Å²) in [6.45, 7) is 1.33. The van der Waals surface area contributed by atoms with E-state index in [4.69, 9.17) is 0 Å². The maximum atomic E-state index is 13.1. The fourth-order valence-electron chi connectivity index (χ4n) is 1.03. The van der Waals surface area contributed by atoms with E-state index >= 15 is 0 Å². The number of carbonyl (C=O) groups excluding carboxylic acids is 1. The number of nitrogens with zero attached hydrogens (tertiary/aromatic N) is 1. The Kier molecular flexibility index (Phi) is 2.84. The molecule has 0 aromatic heterocycles. The highest BCUT2D eigenvalue weighted by Crippen LogP contribution is 2.14. The van der Waals surface area contributed by atoms with Gasteiger partial charge in [0.2, 0.25) is 0 Å². The topological polar surface area (TPSA) is 20.3 Å². The summed E-state index contributed by atoms with van der Waals surface area (Å²) in [6, 6.07) is 2.08. The van der Waals surface area contributed by atoms with Crippen molar-refractivity contribution in [2.45, 2.75) is 6.92 Å². The monoisotopic (exact) mass is 199 g/mol. The number of hydrogen-bond acceptors (Lipinski definition) is 1. The molecule has 2 nitrogen and oxygen atoms in total. The quantitative estimate of drug-likeness (QED) is 0.677. The van der Waals surface area contributed by atoms with Crippen LogP contribution in [-0.4, -0.2) is 24.9 Å². The molecule has 0 aliphatic carbocycles. The first-order valence-corrected chi connectivity index (χ1v) is 4.10. The van der Waals surface area contributed by atoms with E-state index in [1.165, 1.54) is 25.9 Å². The SMILES string of the molecule is Cc1c(F)cc(C(=O)N(C)C)cc1F. The van der Waals surface area contributed by atoms with Crippen LogP contribution in [0.15, 0.2) is 12.1 Å². The molecule has 1 amide bonds. The molecule has 1 aromatic carbocycles. The van der Waals surface area contributed by atoms with Gasteiger partial charge in [0, 0.05) is 25.2 Å². The Morgan fingerprint density at radius 2 is 1.64 bits per heavy atom. The van der Waals surface area contributed by atoms with Gasteiger partial charge in [-0.15, -0.1) is 0 Å². The second-order valence-electron chi connectivity index (χ2n) is 3.26. The van der Waals surface area contributed by atoms with Crippen molar-refractivity contribution in [3.8, 4) is 0 Å². The zero-order valence-corrected chi connectivity index (χ0v) is 8.27. The molecule has 0 bridgehead atoms. The second-order valence-corrected chi connectivity index (χ2v) is 3.26. The molecule has 4 heteroatoms. The van der Waals surface area contributed by atoms with Crippen LogP contribution in [0.1, 0.15) is 15.9 Å². The van der Waals surface area contributed by atoms with Gasteiger partial charge in [-0.05, 0) is 19.1 Å². The molecule has 0 spiro atoms. The van der Waals surface area contributed by atoms with Gasteiger partial charge in [-0.2, -0.15) is 0 Å². The highest BCUT2D eigenvalue weighted by atomic mass is 19.1. The van der Waals surface area contributed by atoms with Crippen LogP contribution in [0.25, 0.3) is 0 Å². The summed E-state index contributed by atoms with van der Waals surface area (Å²) in [5.74, 6) is -1.81. The third kappa shape index (κ3) is 1.89. The lowest BCUT2D eigenvalue weighted by Crippen LogP contribution is -2.22. The zero-order chi connectivity index (χ0) is 10.9. The van der Waals surface area contributed by atoms with E-state index < -0.39 is 17.5 Å². The lowest BCUT2D eigenvalue weighted by molar-refractivity contribution is 0.0826. The van der Waals surface area contributed by atoms with Gasteiger partial charge in [-0.25, -0.2) is 8.78 Å². The molecule has 0 aliphatic rings. The second kappa shape index (κ2) is 3.74. The summed E-state index contributed by atoms with van der Waals surface area (Å²) in [7, 11) is 3.05. The van der Waals surface area contributed by atoms with Crippen LogP contribution < -0.4 is 0 Å². The molecule has 76 valence electrons. The van der Waals surface area contributed by atoms with Gasteiger partial charge in [0.1, 0.15) is 11.6 Å². The number of halogens is 2. The molecular weight excluding hydrogens is 188 g/mol. The molecule has 0 N–H and O–H groups in total. The molecule has 0 fully saturated rings. The van der Waals surface area contributed by atoms with Crippen molar-refractivity contribution < 1.29 is 13.6 Å². The Morgan fingerprint density at radius 1 is 1.21 bits per heavy atom. The van der Waals surface area contributed by atoms with Gasteiger partial charge < -0.3 is 4.90 Å². The average Bonchev–Trinajstić information content (AvgIpc) is 2.12. The smallest absolute Gasteiger partial charge is 0.253 e. The fraction of sp³-hybridized carbons (Fsp3) is 0.300. The number of benzene rings is 1. The first-order valence-electron chi connectivity index (χ1n) is 4.10. The summed E-state index contributed by atoms with van der Waals surface area (Å²) in [5, 5.41) is 0. The van der Waals surface area contributed by atoms with E-state index in [2.05, 4.69) is 0 Å². The van der Waals surface area contributed by atoms with E-state index in [0.717, 1.165) is 12.1 Å². The van der Waals surface area contributed by atoms with Gasteiger partial charge in [-0.3, -0.25) is 4.79 Å². The maximum absolute atomic E-state index is 13.1. The highest BCUT2D eigenvalue weighted by Gasteiger charge is 2.13. The Labute approximate surface area is 81.1 Å². The van der Waals surface area contributed by atoms with E-state index in [-0.39, 0.29) is 11.1 Å². The number of hydrogen-bond donors (Lipinski definition) is 0. The standard InChI is InChI=1S/C10H11F2NO/c1-6-8(11)4-7(5-9(6)12)10(14)13(2)3/h4-5H,1-3H3. The van der Waals surface area contributed by atoms with E-state index in [0.29, 0.717) is 0 Å². The van der Waals surface area contributed by atoms with Gasteiger partial charge in [0.05, 0.1) is 0 Å². The third-order valence-electron chi connectivity index (χ3n) is 1.93. The minimum atomic E-state index is -0.699. The van der Waals surface area contributed by atoms with Gasteiger partial charge in [0.25, 0.3) is 5.91 Å². The molecule has 0 atom stereocenters. The van der Waals surface area contributed by atoms with Crippen LogP contribution in [0.2, 0.25) is 0 Å². The molecule has 0 heterocycles. The number of carbonyl (C=O) groups is 1. The first kappa shape index (κ1) is 10.6. The van der Waals surface area contributed by atoms with Crippen molar-refractivity contribution in [1.29, 1.82) is 0 Å². The van der Waals surface area contributed by atoms with Gasteiger partial charge in [0.15, 0.2) is 0 Å². The fourth-order valence-corrected chi connectivity index (χ4v) is 1.03. The molecule has 0 aliphatic heterocycles. The predicted molar refractivity (Wildman–Crippen MR) is 49.1 cm³/mol. The lowest BCUT2D eigenvalue weighted by atomic mass is 10.1. The normalized spacial score (nSPS) is 10.1. The van der Waals surface area contributed by atoms with Crippen LogP contribution in [0.4, 0.5) is 8.78 Å². The minimum Gasteiger partial charge on any atom is -0.345 e. The average molecular weight is 199 g/mol. The van der Waals surface area contributed by atoms with Crippen LogP contribution in [0, 0.1) is 18.6 Å². The summed E-state index contributed by atoms with van der Waals surface area (Å²) in [4.78, 5) is 12.6. The van der Waals surface area contributed by atoms with Crippen LogP contribution in [0.5, 0.6) is 0 Å². The summed E-state index contributed by atoms with van der Waals surface area (Å²) < 4.78 is 26.1. The van der Waals surface area contributed by atoms with Crippen LogP contribution >= 0.6 is 0 Å². The third-order valence-corrected chi connectivity index (χ3v) is 1.93. The van der Waals surface area contributed by atoms with Crippen molar-refractivity contribution in [2.75, 3.05) is 14.1 Å². The Bertz CT molecular complexity index is 351. The molecule has 0 radical (unpaired) electrons. The van der Waals surface area contributed by atoms with Crippen molar-refractivity contribution in [3.05, 3.63) is 34.9 Å². The largest absolute Gasteiger partial charge is 0.345 e. The van der Waals surface area contributed by atoms with E-state index in [9.17, 15) is 13.6 Å². The van der Waals surface area contributed by atoms with Gasteiger partial charge >= 0.3 is 0 Å².